The number of nitrogens with zero attached hydrogens (tertiary/aromatic N) is 1. The van der Waals surface area contributed by atoms with Crippen molar-refractivity contribution in [2.45, 2.75) is 6.42 Å². The Balaban J connectivity index is 2.58. The van der Waals surface area contributed by atoms with Crippen LogP contribution >= 0.6 is 0 Å². The minimum Gasteiger partial charge on any atom is -0.351 e. The normalized spacial score (nSPS) is 14.1. The number of carbonyl (C=O) groups excluding carboxylic acids is 1. The molecule has 0 aromatic heterocycles. The SMILES string of the molecule is CN1C=CCc2c(C=O)cccc21. The second-order valence-electron chi connectivity index (χ2n) is 3.16. The van der Waals surface area contributed by atoms with Crippen LogP contribution in [0, 0.1) is 0 Å². The van der Waals surface area contributed by atoms with Gasteiger partial charge in [-0.25, -0.2) is 0 Å². The molecule has 0 saturated heterocycles. The molecular weight excluding hydrogens is 162 g/mol. The van der Waals surface area contributed by atoms with Crippen molar-refractivity contribution in [2.75, 3.05) is 11.9 Å². The lowest BCUT2D eigenvalue weighted by Gasteiger charge is -2.22. The van der Waals surface area contributed by atoms with Gasteiger partial charge in [-0.15, -0.1) is 0 Å². The lowest BCUT2D eigenvalue weighted by Crippen LogP contribution is -2.15. The minimum absolute atomic E-state index is 0.800. The Morgan fingerprint density at radius 3 is 3.08 bits per heavy atom. The van der Waals surface area contributed by atoms with Crippen LogP contribution in [0.25, 0.3) is 0 Å². The van der Waals surface area contributed by atoms with Crippen LogP contribution in [0.5, 0.6) is 0 Å². The molecule has 0 unspecified atom stereocenters. The van der Waals surface area contributed by atoms with Gasteiger partial charge >= 0.3 is 0 Å². The van der Waals surface area contributed by atoms with E-state index >= 15 is 0 Å². The Morgan fingerprint density at radius 2 is 2.31 bits per heavy atom. The molecule has 0 bridgehead atoms. The molecule has 1 aromatic rings. The van der Waals surface area contributed by atoms with Gasteiger partial charge in [0.05, 0.1) is 0 Å². The highest BCUT2D eigenvalue weighted by atomic mass is 16.1. The van der Waals surface area contributed by atoms with Gasteiger partial charge < -0.3 is 4.90 Å². The van der Waals surface area contributed by atoms with Crippen LogP contribution in [0.2, 0.25) is 0 Å². The predicted octanol–water partition coefficient (Wildman–Crippen LogP) is 2.01. The maximum Gasteiger partial charge on any atom is 0.150 e. The number of hydrogen-bond donors (Lipinski definition) is 0. The summed E-state index contributed by atoms with van der Waals surface area (Å²) in [5, 5.41) is 0. The lowest BCUT2D eigenvalue weighted by molar-refractivity contribution is 0.112. The number of aldehydes is 1. The minimum atomic E-state index is 0.800. The maximum absolute atomic E-state index is 10.7. The average molecular weight is 173 g/mol. The van der Waals surface area contributed by atoms with Gasteiger partial charge in [0.1, 0.15) is 6.29 Å². The number of anilines is 1. The zero-order valence-corrected chi connectivity index (χ0v) is 7.53. The molecule has 0 aliphatic carbocycles. The molecule has 1 aliphatic rings. The fourth-order valence-corrected chi connectivity index (χ4v) is 1.66. The molecule has 1 aromatic carbocycles. The summed E-state index contributed by atoms with van der Waals surface area (Å²) < 4.78 is 0. The Morgan fingerprint density at radius 1 is 1.46 bits per heavy atom. The van der Waals surface area contributed by atoms with E-state index in [2.05, 4.69) is 6.08 Å². The molecule has 0 N–H and O–H groups in total. The van der Waals surface area contributed by atoms with Crippen LogP contribution in [0.15, 0.2) is 30.5 Å². The molecule has 0 amide bonds. The number of allylic oxidation sites excluding steroid dienone is 1. The fraction of sp³-hybridized carbons (Fsp3) is 0.182. The van der Waals surface area contributed by atoms with Crippen LogP contribution in [-0.2, 0) is 6.42 Å². The van der Waals surface area contributed by atoms with E-state index in [0.717, 1.165) is 29.5 Å². The fourth-order valence-electron chi connectivity index (χ4n) is 1.66. The Hall–Kier alpha value is -1.57. The predicted molar refractivity (Wildman–Crippen MR) is 53.1 cm³/mol. The molecule has 0 saturated carbocycles. The third kappa shape index (κ3) is 1.24. The van der Waals surface area contributed by atoms with Gasteiger partial charge in [0.15, 0.2) is 0 Å². The van der Waals surface area contributed by atoms with E-state index in [0.29, 0.717) is 0 Å². The van der Waals surface area contributed by atoms with Gasteiger partial charge in [-0.1, -0.05) is 18.2 Å². The van der Waals surface area contributed by atoms with E-state index in [9.17, 15) is 4.79 Å². The van der Waals surface area contributed by atoms with Gasteiger partial charge in [0.2, 0.25) is 0 Å². The quantitative estimate of drug-likeness (QED) is 0.605. The third-order valence-electron chi connectivity index (χ3n) is 2.35. The van der Waals surface area contributed by atoms with E-state index in [1.54, 1.807) is 0 Å². The van der Waals surface area contributed by atoms with E-state index in [1.165, 1.54) is 0 Å². The molecule has 0 atom stereocenters. The van der Waals surface area contributed by atoms with Gasteiger partial charge in [0.25, 0.3) is 0 Å². The molecule has 0 radical (unpaired) electrons. The first-order valence-electron chi connectivity index (χ1n) is 4.29. The first-order chi connectivity index (χ1) is 6.33. The van der Waals surface area contributed by atoms with Crippen molar-refractivity contribution in [3.8, 4) is 0 Å². The highest BCUT2D eigenvalue weighted by Crippen LogP contribution is 2.26. The highest BCUT2D eigenvalue weighted by Gasteiger charge is 2.11. The topological polar surface area (TPSA) is 20.3 Å². The molecule has 0 fully saturated rings. The lowest BCUT2D eigenvalue weighted by atomic mass is 10.0. The molecule has 0 spiro atoms. The van der Waals surface area contributed by atoms with Crippen LogP contribution in [0.3, 0.4) is 0 Å². The molecule has 1 aliphatic heterocycles. The Kier molecular flexibility index (Phi) is 1.89. The highest BCUT2D eigenvalue weighted by molar-refractivity contribution is 5.82. The zero-order chi connectivity index (χ0) is 9.26. The second-order valence-corrected chi connectivity index (χ2v) is 3.16. The largest absolute Gasteiger partial charge is 0.351 e. The standard InChI is InChI=1S/C11H11NO/c1-12-7-3-5-10-9(8-13)4-2-6-11(10)12/h2-4,6-8H,5H2,1H3. The van der Waals surface area contributed by atoms with Crippen molar-refractivity contribution >= 4 is 12.0 Å². The van der Waals surface area contributed by atoms with E-state index in [1.807, 2.05) is 36.3 Å². The van der Waals surface area contributed by atoms with E-state index < -0.39 is 0 Å². The molecule has 66 valence electrons. The molecule has 2 rings (SSSR count). The Labute approximate surface area is 77.5 Å². The summed E-state index contributed by atoms with van der Waals surface area (Å²) in [4.78, 5) is 12.8. The monoisotopic (exact) mass is 173 g/mol. The first kappa shape index (κ1) is 8.05. The van der Waals surface area contributed by atoms with Crippen molar-refractivity contribution in [2.24, 2.45) is 0 Å². The van der Waals surface area contributed by atoms with Crippen molar-refractivity contribution in [1.82, 2.24) is 0 Å². The summed E-state index contributed by atoms with van der Waals surface area (Å²) in [6.07, 6.45) is 5.87. The van der Waals surface area contributed by atoms with Crippen LogP contribution in [-0.4, -0.2) is 13.3 Å². The second kappa shape index (κ2) is 3.05. The summed E-state index contributed by atoms with van der Waals surface area (Å²) in [5.41, 5.74) is 3.06. The van der Waals surface area contributed by atoms with Gasteiger partial charge in [0, 0.05) is 24.5 Å². The Bertz CT molecular complexity index is 368. The third-order valence-corrected chi connectivity index (χ3v) is 2.35. The van der Waals surface area contributed by atoms with Gasteiger partial charge in [-0.05, 0) is 18.1 Å². The van der Waals surface area contributed by atoms with E-state index in [4.69, 9.17) is 0 Å². The molecule has 2 heteroatoms. The van der Waals surface area contributed by atoms with Crippen molar-refractivity contribution < 1.29 is 4.79 Å². The van der Waals surface area contributed by atoms with Crippen molar-refractivity contribution in [3.63, 3.8) is 0 Å². The summed E-state index contributed by atoms with van der Waals surface area (Å²) in [6, 6.07) is 5.81. The van der Waals surface area contributed by atoms with Gasteiger partial charge in [-0.3, -0.25) is 4.79 Å². The van der Waals surface area contributed by atoms with Crippen LogP contribution in [0.4, 0.5) is 5.69 Å². The maximum atomic E-state index is 10.7. The van der Waals surface area contributed by atoms with E-state index in [-0.39, 0.29) is 0 Å². The zero-order valence-electron chi connectivity index (χ0n) is 7.53. The summed E-state index contributed by atoms with van der Waals surface area (Å²) in [5.74, 6) is 0. The summed E-state index contributed by atoms with van der Waals surface area (Å²) in [7, 11) is 1.99. The van der Waals surface area contributed by atoms with Crippen molar-refractivity contribution in [1.29, 1.82) is 0 Å². The number of fused-ring (bicyclic) bond motifs is 1. The molecule has 2 nitrogen and oxygen atoms in total. The molecule has 13 heavy (non-hydrogen) atoms. The summed E-state index contributed by atoms with van der Waals surface area (Å²) in [6.45, 7) is 0. The molecule has 1 heterocycles. The van der Waals surface area contributed by atoms with Crippen LogP contribution < -0.4 is 4.90 Å². The number of rotatable bonds is 1. The van der Waals surface area contributed by atoms with Crippen molar-refractivity contribution in [3.05, 3.63) is 41.6 Å². The number of benzene rings is 1. The number of carbonyl (C=O) groups is 1. The van der Waals surface area contributed by atoms with Gasteiger partial charge in [-0.2, -0.15) is 0 Å². The smallest absolute Gasteiger partial charge is 0.150 e. The number of hydrogen-bond acceptors (Lipinski definition) is 2. The van der Waals surface area contributed by atoms with Crippen LogP contribution in [0.1, 0.15) is 15.9 Å². The average Bonchev–Trinajstić information content (AvgIpc) is 2.18. The first-order valence-corrected chi connectivity index (χ1v) is 4.29. The molecular formula is C11H11NO. The summed E-state index contributed by atoms with van der Waals surface area (Å²) >= 11 is 0.